The van der Waals surface area contributed by atoms with Gasteiger partial charge in [-0.1, -0.05) is 29.8 Å². The van der Waals surface area contributed by atoms with Crippen LogP contribution in [0.15, 0.2) is 42.5 Å². The van der Waals surface area contributed by atoms with E-state index in [0.717, 1.165) is 11.1 Å². The van der Waals surface area contributed by atoms with Crippen LogP contribution >= 0.6 is 0 Å². The summed E-state index contributed by atoms with van der Waals surface area (Å²) in [6.07, 6.45) is 3.43. The topological polar surface area (TPSA) is 35.5 Å². The second-order valence-electron chi connectivity index (χ2n) is 5.13. The average molecular weight is 296 g/mol. The number of allylic oxidation sites excluding steroid dienone is 1. The van der Waals surface area contributed by atoms with Crippen LogP contribution in [0.5, 0.6) is 11.5 Å². The molecule has 2 aromatic rings. The van der Waals surface area contributed by atoms with Crippen LogP contribution in [0.3, 0.4) is 0 Å². The number of ketones is 1. The molecule has 3 nitrogen and oxygen atoms in total. The van der Waals surface area contributed by atoms with Crippen LogP contribution in [0.4, 0.5) is 0 Å². The highest BCUT2D eigenvalue weighted by atomic mass is 16.5. The minimum atomic E-state index is -0.0677. The standard InChI is InChI=1S/C19H20O3/c1-13-5-6-14(2)15(11-13)7-9-17(20)16-8-10-18(21-3)19(12-16)22-4/h5-12H,1-4H3/b9-7+. The minimum Gasteiger partial charge on any atom is -0.493 e. The minimum absolute atomic E-state index is 0.0677. The van der Waals surface area contributed by atoms with Gasteiger partial charge in [0.05, 0.1) is 14.2 Å². The fourth-order valence-electron chi connectivity index (χ4n) is 2.19. The molecule has 0 spiro atoms. The first kappa shape index (κ1) is 15.8. The number of carbonyl (C=O) groups excluding carboxylic acids is 1. The summed E-state index contributed by atoms with van der Waals surface area (Å²) in [4.78, 5) is 12.3. The van der Waals surface area contributed by atoms with Crippen LogP contribution in [-0.4, -0.2) is 20.0 Å². The van der Waals surface area contributed by atoms with Crippen molar-refractivity contribution in [2.24, 2.45) is 0 Å². The number of aryl methyl sites for hydroxylation is 2. The van der Waals surface area contributed by atoms with Crippen LogP contribution in [-0.2, 0) is 0 Å². The highest BCUT2D eigenvalue weighted by Crippen LogP contribution is 2.27. The average Bonchev–Trinajstić information content (AvgIpc) is 2.54. The first-order valence-corrected chi connectivity index (χ1v) is 7.07. The number of hydrogen-bond acceptors (Lipinski definition) is 3. The fourth-order valence-corrected chi connectivity index (χ4v) is 2.19. The number of carbonyl (C=O) groups is 1. The van der Waals surface area contributed by atoms with E-state index in [1.165, 1.54) is 5.56 Å². The van der Waals surface area contributed by atoms with Crippen molar-refractivity contribution in [2.75, 3.05) is 14.2 Å². The predicted octanol–water partition coefficient (Wildman–Crippen LogP) is 4.22. The van der Waals surface area contributed by atoms with Crippen LogP contribution in [0.2, 0.25) is 0 Å². The Morgan fingerprint density at radius 1 is 0.955 bits per heavy atom. The van der Waals surface area contributed by atoms with Gasteiger partial charge >= 0.3 is 0 Å². The van der Waals surface area contributed by atoms with E-state index in [1.807, 2.05) is 19.9 Å². The Labute approximate surface area is 131 Å². The van der Waals surface area contributed by atoms with Crippen molar-refractivity contribution in [3.63, 3.8) is 0 Å². The SMILES string of the molecule is COc1ccc(C(=O)/C=C/c2cc(C)ccc2C)cc1OC. The number of hydrogen-bond donors (Lipinski definition) is 0. The predicted molar refractivity (Wildman–Crippen MR) is 88.8 cm³/mol. The molecule has 0 amide bonds. The Kier molecular flexibility index (Phi) is 4.99. The molecule has 0 radical (unpaired) electrons. The molecule has 0 saturated carbocycles. The van der Waals surface area contributed by atoms with Crippen molar-refractivity contribution in [3.05, 3.63) is 64.7 Å². The second-order valence-corrected chi connectivity index (χ2v) is 5.13. The molecular formula is C19H20O3. The number of rotatable bonds is 5. The van der Waals surface area contributed by atoms with Gasteiger partial charge in [0.15, 0.2) is 17.3 Å². The molecule has 0 aromatic heterocycles. The van der Waals surface area contributed by atoms with E-state index in [0.29, 0.717) is 17.1 Å². The van der Waals surface area contributed by atoms with Gasteiger partial charge in [0.25, 0.3) is 0 Å². The van der Waals surface area contributed by atoms with Gasteiger partial charge in [-0.3, -0.25) is 4.79 Å². The maximum atomic E-state index is 12.3. The normalized spacial score (nSPS) is 10.7. The molecule has 0 heterocycles. The van der Waals surface area contributed by atoms with E-state index in [-0.39, 0.29) is 5.78 Å². The van der Waals surface area contributed by atoms with Gasteiger partial charge < -0.3 is 9.47 Å². The van der Waals surface area contributed by atoms with Crippen molar-refractivity contribution in [3.8, 4) is 11.5 Å². The van der Waals surface area contributed by atoms with Crippen LogP contribution in [0.1, 0.15) is 27.0 Å². The zero-order valence-electron chi connectivity index (χ0n) is 13.3. The Morgan fingerprint density at radius 3 is 2.36 bits per heavy atom. The summed E-state index contributed by atoms with van der Waals surface area (Å²) in [7, 11) is 3.12. The zero-order chi connectivity index (χ0) is 16.1. The molecule has 0 aliphatic carbocycles. The Balaban J connectivity index is 2.25. The summed E-state index contributed by atoms with van der Waals surface area (Å²) >= 11 is 0. The first-order chi connectivity index (χ1) is 10.5. The zero-order valence-corrected chi connectivity index (χ0v) is 13.3. The van der Waals surface area contributed by atoms with E-state index in [2.05, 4.69) is 18.2 Å². The first-order valence-electron chi connectivity index (χ1n) is 7.07. The van der Waals surface area contributed by atoms with Crippen molar-refractivity contribution in [1.29, 1.82) is 0 Å². The fraction of sp³-hybridized carbons (Fsp3) is 0.211. The molecule has 0 atom stereocenters. The molecule has 0 N–H and O–H groups in total. The lowest BCUT2D eigenvalue weighted by atomic mass is 10.0. The maximum absolute atomic E-state index is 12.3. The third-order valence-corrected chi connectivity index (χ3v) is 3.52. The molecule has 0 aliphatic rings. The van der Waals surface area contributed by atoms with Gasteiger partial charge in [-0.15, -0.1) is 0 Å². The highest BCUT2D eigenvalue weighted by Gasteiger charge is 2.08. The summed E-state index contributed by atoms with van der Waals surface area (Å²) in [6, 6.07) is 11.3. The monoisotopic (exact) mass is 296 g/mol. The number of methoxy groups -OCH3 is 2. The van der Waals surface area contributed by atoms with Crippen molar-refractivity contribution < 1.29 is 14.3 Å². The largest absolute Gasteiger partial charge is 0.493 e. The Morgan fingerprint density at radius 2 is 1.68 bits per heavy atom. The van der Waals surface area contributed by atoms with Crippen LogP contribution < -0.4 is 9.47 Å². The van der Waals surface area contributed by atoms with Gasteiger partial charge in [0, 0.05) is 5.56 Å². The lowest BCUT2D eigenvalue weighted by Gasteiger charge is -2.08. The van der Waals surface area contributed by atoms with Crippen LogP contribution in [0, 0.1) is 13.8 Å². The summed E-state index contributed by atoms with van der Waals surface area (Å²) in [5.41, 5.74) is 3.93. The lowest BCUT2D eigenvalue weighted by Crippen LogP contribution is -1.97. The Bertz CT molecular complexity index is 715. The summed E-state index contributed by atoms with van der Waals surface area (Å²) < 4.78 is 10.4. The smallest absolute Gasteiger partial charge is 0.185 e. The molecule has 114 valence electrons. The lowest BCUT2D eigenvalue weighted by molar-refractivity contribution is 0.104. The molecule has 2 rings (SSSR count). The third kappa shape index (κ3) is 3.55. The highest BCUT2D eigenvalue weighted by molar-refractivity contribution is 6.07. The number of benzene rings is 2. The van der Waals surface area contributed by atoms with Gasteiger partial charge in [0.2, 0.25) is 0 Å². The maximum Gasteiger partial charge on any atom is 0.185 e. The second kappa shape index (κ2) is 6.94. The van der Waals surface area contributed by atoms with Crippen molar-refractivity contribution in [2.45, 2.75) is 13.8 Å². The van der Waals surface area contributed by atoms with E-state index < -0.39 is 0 Å². The summed E-state index contributed by atoms with van der Waals surface area (Å²) in [6.45, 7) is 4.06. The van der Waals surface area contributed by atoms with Crippen molar-refractivity contribution in [1.82, 2.24) is 0 Å². The molecule has 0 saturated heterocycles. The molecule has 22 heavy (non-hydrogen) atoms. The molecule has 3 heteroatoms. The van der Waals surface area contributed by atoms with Crippen molar-refractivity contribution >= 4 is 11.9 Å². The van der Waals surface area contributed by atoms with E-state index in [4.69, 9.17) is 9.47 Å². The van der Waals surface area contributed by atoms with Crippen LogP contribution in [0.25, 0.3) is 6.08 Å². The molecule has 2 aromatic carbocycles. The van der Waals surface area contributed by atoms with E-state index >= 15 is 0 Å². The summed E-state index contributed by atoms with van der Waals surface area (Å²) in [5, 5.41) is 0. The van der Waals surface area contributed by atoms with Gasteiger partial charge in [0.1, 0.15) is 0 Å². The molecular weight excluding hydrogens is 276 g/mol. The third-order valence-electron chi connectivity index (χ3n) is 3.52. The molecule has 0 unspecified atom stereocenters. The molecule has 0 fully saturated rings. The molecule has 0 aliphatic heterocycles. The Hall–Kier alpha value is -2.55. The summed E-state index contributed by atoms with van der Waals surface area (Å²) in [5.74, 6) is 1.09. The van der Waals surface area contributed by atoms with Gasteiger partial charge in [-0.2, -0.15) is 0 Å². The van der Waals surface area contributed by atoms with E-state index in [9.17, 15) is 4.79 Å². The van der Waals surface area contributed by atoms with Gasteiger partial charge in [-0.25, -0.2) is 0 Å². The van der Waals surface area contributed by atoms with E-state index in [1.54, 1.807) is 38.5 Å². The number of ether oxygens (including phenoxy) is 2. The van der Waals surface area contributed by atoms with Gasteiger partial charge in [-0.05, 0) is 49.2 Å². The quantitative estimate of drug-likeness (QED) is 0.612. The molecule has 0 bridgehead atoms.